The Morgan fingerprint density at radius 2 is 1.90 bits per heavy atom. The summed E-state index contributed by atoms with van der Waals surface area (Å²) < 4.78 is 0. The Bertz CT molecular complexity index is 662. The van der Waals surface area contributed by atoms with E-state index in [0.29, 0.717) is 0 Å². The molecule has 1 aliphatic heterocycles. The van der Waals surface area contributed by atoms with Crippen molar-refractivity contribution in [3.8, 4) is 0 Å². The predicted octanol–water partition coefficient (Wildman–Crippen LogP) is 3.57. The lowest BCUT2D eigenvalue weighted by molar-refractivity contribution is -0.120. The maximum absolute atomic E-state index is 12.6. The Morgan fingerprint density at radius 3 is 2.67 bits per heavy atom. The Morgan fingerprint density at radius 1 is 1.14 bits per heavy atom. The van der Waals surface area contributed by atoms with Gasteiger partial charge < -0.3 is 10.6 Å². The Balaban J connectivity index is 1.80. The third-order valence-corrected chi connectivity index (χ3v) is 4.14. The van der Waals surface area contributed by atoms with Crippen LogP contribution in [-0.4, -0.2) is 12.5 Å². The Labute approximate surface area is 125 Å². The van der Waals surface area contributed by atoms with E-state index in [1.54, 1.807) is 0 Å². The van der Waals surface area contributed by atoms with E-state index in [1.807, 2.05) is 56.3 Å². The molecular weight excluding hydrogens is 260 g/mol. The Kier molecular flexibility index (Phi) is 3.42. The van der Waals surface area contributed by atoms with Crippen molar-refractivity contribution in [3.63, 3.8) is 0 Å². The lowest BCUT2D eigenvalue weighted by atomic mass is 9.83. The van der Waals surface area contributed by atoms with Crippen LogP contribution in [0.3, 0.4) is 0 Å². The number of fused-ring (bicyclic) bond motifs is 1. The van der Waals surface area contributed by atoms with E-state index in [4.69, 9.17) is 0 Å². The van der Waals surface area contributed by atoms with E-state index in [1.165, 1.54) is 11.3 Å². The lowest BCUT2D eigenvalue weighted by Crippen LogP contribution is -2.34. The number of rotatable bonds is 3. The van der Waals surface area contributed by atoms with Gasteiger partial charge in [-0.25, -0.2) is 0 Å². The van der Waals surface area contributed by atoms with Crippen molar-refractivity contribution in [1.82, 2.24) is 0 Å². The number of carbonyl (C=O) groups is 1. The summed E-state index contributed by atoms with van der Waals surface area (Å²) in [6, 6.07) is 15.9. The molecule has 0 unspecified atom stereocenters. The van der Waals surface area contributed by atoms with Gasteiger partial charge in [-0.1, -0.05) is 30.3 Å². The van der Waals surface area contributed by atoms with Gasteiger partial charge in [0.25, 0.3) is 0 Å². The normalized spacial score (nSPS) is 13.4. The number of benzene rings is 2. The fraction of sp³-hybridized carbons (Fsp3) is 0.278. The maximum atomic E-state index is 12.6. The largest absolute Gasteiger partial charge is 0.384 e. The SMILES string of the molecule is CC(C)(C(=O)Nc1ccc2c(c1)CCN2)c1ccccc1. The first-order valence-electron chi connectivity index (χ1n) is 7.31. The lowest BCUT2D eigenvalue weighted by Gasteiger charge is -2.24. The van der Waals surface area contributed by atoms with Gasteiger partial charge in [-0.3, -0.25) is 4.79 Å². The molecule has 1 heterocycles. The molecule has 2 aromatic rings. The molecule has 0 fully saturated rings. The maximum Gasteiger partial charge on any atom is 0.234 e. The van der Waals surface area contributed by atoms with E-state index in [2.05, 4.69) is 16.7 Å². The molecule has 0 atom stereocenters. The van der Waals surface area contributed by atoms with E-state index in [0.717, 1.165) is 24.2 Å². The molecular formula is C18H20N2O. The minimum atomic E-state index is -0.557. The molecule has 3 rings (SSSR count). The summed E-state index contributed by atoms with van der Waals surface area (Å²) in [5, 5.41) is 6.37. The molecule has 0 bridgehead atoms. The van der Waals surface area contributed by atoms with Crippen molar-refractivity contribution in [2.75, 3.05) is 17.2 Å². The average molecular weight is 280 g/mol. The fourth-order valence-electron chi connectivity index (χ4n) is 2.66. The molecule has 3 nitrogen and oxygen atoms in total. The quantitative estimate of drug-likeness (QED) is 0.902. The monoisotopic (exact) mass is 280 g/mol. The van der Waals surface area contributed by atoms with Crippen LogP contribution >= 0.6 is 0 Å². The summed E-state index contributed by atoms with van der Waals surface area (Å²) in [7, 11) is 0. The second-order valence-electron chi connectivity index (χ2n) is 5.99. The minimum absolute atomic E-state index is 0.0135. The van der Waals surface area contributed by atoms with Gasteiger partial charge >= 0.3 is 0 Å². The van der Waals surface area contributed by atoms with Crippen LogP contribution in [0, 0.1) is 0 Å². The highest BCUT2D eigenvalue weighted by Crippen LogP contribution is 2.28. The van der Waals surface area contributed by atoms with Gasteiger partial charge in [0, 0.05) is 17.9 Å². The molecule has 0 spiro atoms. The minimum Gasteiger partial charge on any atom is -0.384 e. The van der Waals surface area contributed by atoms with Crippen molar-refractivity contribution in [3.05, 3.63) is 59.7 Å². The number of anilines is 2. The highest BCUT2D eigenvalue weighted by Gasteiger charge is 2.29. The molecule has 2 N–H and O–H groups in total. The van der Waals surface area contributed by atoms with E-state index in [9.17, 15) is 4.79 Å². The van der Waals surface area contributed by atoms with Gasteiger partial charge in [0.05, 0.1) is 5.41 Å². The van der Waals surface area contributed by atoms with Gasteiger partial charge in [0.15, 0.2) is 0 Å². The molecule has 1 aliphatic rings. The van der Waals surface area contributed by atoms with Crippen LogP contribution in [0.1, 0.15) is 25.0 Å². The van der Waals surface area contributed by atoms with Gasteiger partial charge in [-0.05, 0) is 49.6 Å². The van der Waals surface area contributed by atoms with Gasteiger partial charge in [0.1, 0.15) is 0 Å². The fourth-order valence-corrected chi connectivity index (χ4v) is 2.66. The van der Waals surface area contributed by atoms with Gasteiger partial charge in [-0.2, -0.15) is 0 Å². The molecule has 108 valence electrons. The summed E-state index contributed by atoms with van der Waals surface area (Å²) in [4.78, 5) is 12.6. The van der Waals surface area contributed by atoms with Crippen LogP contribution in [0.15, 0.2) is 48.5 Å². The van der Waals surface area contributed by atoms with Crippen molar-refractivity contribution < 1.29 is 4.79 Å². The van der Waals surface area contributed by atoms with Crippen molar-refractivity contribution in [2.24, 2.45) is 0 Å². The smallest absolute Gasteiger partial charge is 0.234 e. The molecule has 0 radical (unpaired) electrons. The second kappa shape index (κ2) is 5.24. The zero-order valence-corrected chi connectivity index (χ0v) is 12.4. The third kappa shape index (κ3) is 2.64. The molecule has 0 saturated carbocycles. The topological polar surface area (TPSA) is 41.1 Å². The number of amides is 1. The van der Waals surface area contributed by atoms with Gasteiger partial charge in [0.2, 0.25) is 5.91 Å². The first-order chi connectivity index (χ1) is 10.1. The standard InChI is InChI=1S/C18H20N2O/c1-18(2,14-6-4-3-5-7-14)17(21)20-15-8-9-16-13(12-15)10-11-19-16/h3-9,12,19H,10-11H2,1-2H3,(H,20,21). The van der Waals surface area contributed by atoms with Crippen molar-refractivity contribution in [2.45, 2.75) is 25.7 Å². The molecule has 21 heavy (non-hydrogen) atoms. The second-order valence-corrected chi connectivity index (χ2v) is 5.99. The molecule has 0 saturated heterocycles. The van der Waals surface area contributed by atoms with Gasteiger partial charge in [-0.15, -0.1) is 0 Å². The highest BCUT2D eigenvalue weighted by molar-refractivity contribution is 5.98. The van der Waals surface area contributed by atoms with Crippen LogP contribution < -0.4 is 10.6 Å². The number of nitrogens with one attached hydrogen (secondary N) is 2. The Hall–Kier alpha value is -2.29. The first kappa shape index (κ1) is 13.7. The van der Waals surface area contributed by atoms with Crippen LogP contribution in [0.2, 0.25) is 0 Å². The van der Waals surface area contributed by atoms with Crippen molar-refractivity contribution in [1.29, 1.82) is 0 Å². The molecule has 3 heteroatoms. The number of hydrogen-bond donors (Lipinski definition) is 2. The van der Waals surface area contributed by atoms with E-state index < -0.39 is 5.41 Å². The van der Waals surface area contributed by atoms with E-state index in [-0.39, 0.29) is 5.91 Å². The molecule has 0 aliphatic carbocycles. The molecule has 0 aromatic heterocycles. The zero-order valence-electron chi connectivity index (χ0n) is 12.4. The first-order valence-corrected chi connectivity index (χ1v) is 7.31. The molecule has 2 aromatic carbocycles. The van der Waals surface area contributed by atoms with Crippen LogP contribution in [0.4, 0.5) is 11.4 Å². The number of hydrogen-bond acceptors (Lipinski definition) is 2. The summed E-state index contributed by atoms with van der Waals surface area (Å²) in [6.07, 6.45) is 1.02. The zero-order chi connectivity index (χ0) is 14.9. The molecule has 1 amide bonds. The van der Waals surface area contributed by atoms with E-state index >= 15 is 0 Å². The summed E-state index contributed by atoms with van der Waals surface area (Å²) in [5.74, 6) is 0.0135. The number of carbonyl (C=O) groups excluding carboxylic acids is 1. The third-order valence-electron chi connectivity index (χ3n) is 4.14. The van der Waals surface area contributed by atoms with Crippen LogP contribution in [0.25, 0.3) is 0 Å². The summed E-state index contributed by atoms with van der Waals surface area (Å²) in [6.45, 7) is 4.88. The summed E-state index contributed by atoms with van der Waals surface area (Å²) in [5.41, 5.74) is 3.77. The summed E-state index contributed by atoms with van der Waals surface area (Å²) >= 11 is 0. The average Bonchev–Trinajstić information content (AvgIpc) is 2.95. The van der Waals surface area contributed by atoms with Crippen LogP contribution in [0.5, 0.6) is 0 Å². The predicted molar refractivity (Wildman–Crippen MR) is 86.7 cm³/mol. The van der Waals surface area contributed by atoms with Crippen LogP contribution in [-0.2, 0) is 16.6 Å². The highest BCUT2D eigenvalue weighted by atomic mass is 16.2. The van der Waals surface area contributed by atoms with Crippen molar-refractivity contribution >= 4 is 17.3 Å².